The summed E-state index contributed by atoms with van der Waals surface area (Å²) in [5, 5.41) is 1.90. The molecule has 1 heterocycles. The molecule has 3 nitrogen and oxygen atoms in total. The molecule has 0 saturated carbocycles. The van der Waals surface area contributed by atoms with Gasteiger partial charge in [-0.3, -0.25) is 9.36 Å². The van der Waals surface area contributed by atoms with Crippen LogP contribution in [0.25, 0.3) is 11.3 Å². The van der Waals surface area contributed by atoms with Gasteiger partial charge < -0.3 is 5.73 Å². The van der Waals surface area contributed by atoms with Gasteiger partial charge in [-0.2, -0.15) is 0 Å². The van der Waals surface area contributed by atoms with Gasteiger partial charge in [0.25, 0.3) is 0 Å². The van der Waals surface area contributed by atoms with Gasteiger partial charge in [0, 0.05) is 16.6 Å². The van der Waals surface area contributed by atoms with E-state index in [1.54, 1.807) is 0 Å². The number of hydrogen-bond acceptors (Lipinski definition) is 3. The summed E-state index contributed by atoms with van der Waals surface area (Å²) in [4.78, 5) is 12.3. The fourth-order valence-corrected chi connectivity index (χ4v) is 3.36. The number of anilines is 1. The van der Waals surface area contributed by atoms with E-state index in [1.807, 2.05) is 34.2 Å². The van der Waals surface area contributed by atoms with E-state index in [2.05, 4.69) is 38.1 Å². The van der Waals surface area contributed by atoms with Gasteiger partial charge in [0.15, 0.2) is 0 Å². The van der Waals surface area contributed by atoms with Crippen LogP contribution in [0.5, 0.6) is 0 Å². The third-order valence-electron chi connectivity index (χ3n) is 3.95. The Hall–Kier alpha value is -2.33. The number of nitrogens with zero attached hydrogens (tertiary/aromatic N) is 1. The molecule has 0 aliphatic heterocycles. The third kappa shape index (κ3) is 3.37. The molecular weight excluding hydrogens is 304 g/mol. The van der Waals surface area contributed by atoms with Crippen LogP contribution in [0.3, 0.4) is 0 Å². The lowest BCUT2D eigenvalue weighted by molar-refractivity contribution is 0.789. The lowest BCUT2D eigenvalue weighted by atomic mass is 10.0. The SMILES string of the molecule is CC(C)c1ccc(Cn2c(-c3cccc(N)c3)csc2=O)cc1. The van der Waals surface area contributed by atoms with E-state index >= 15 is 0 Å². The predicted octanol–water partition coefficient (Wildman–Crippen LogP) is 4.33. The van der Waals surface area contributed by atoms with Gasteiger partial charge in [-0.1, -0.05) is 61.6 Å². The molecule has 0 spiro atoms. The van der Waals surface area contributed by atoms with Gasteiger partial charge in [0.2, 0.25) is 0 Å². The largest absolute Gasteiger partial charge is 0.399 e. The monoisotopic (exact) mass is 324 g/mol. The lowest BCUT2D eigenvalue weighted by Gasteiger charge is -2.10. The highest BCUT2D eigenvalue weighted by atomic mass is 32.1. The summed E-state index contributed by atoms with van der Waals surface area (Å²) in [5.41, 5.74) is 10.9. The Bertz CT molecular complexity index is 860. The highest BCUT2D eigenvalue weighted by Crippen LogP contribution is 2.23. The van der Waals surface area contributed by atoms with Crippen LogP contribution < -0.4 is 10.6 Å². The minimum atomic E-state index is 0.0513. The van der Waals surface area contributed by atoms with Crippen LogP contribution in [0.4, 0.5) is 5.69 Å². The summed E-state index contributed by atoms with van der Waals surface area (Å²) in [7, 11) is 0. The average Bonchev–Trinajstić information content (AvgIpc) is 2.89. The predicted molar refractivity (Wildman–Crippen MR) is 98.1 cm³/mol. The fraction of sp³-hybridized carbons (Fsp3) is 0.211. The molecule has 0 aliphatic rings. The Morgan fingerprint density at radius 1 is 1.13 bits per heavy atom. The molecule has 1 aromatic heterocycles. The zero-order valence-corrected chi connectivity index (χ0v) is 14.1. The highest BCUT2D eigenvalue weighted by Gasteiger charge is 2.10. The summed E-state index contributed by atoms with van der Waals surface area (Å²) in [6.45, 7) is 4.93. The van der Waals surface area contributed by atoms with Crippen LogP contribution in [0.2, 0.25) is 0 Å². The molecule has 3 aromatic rings. The standard InChI is InChI=1S/C19H20N2OS/c1-13(2)15-8-6-14(7-9-15)11-21-18(12-23-19(21)22)16-4-3-5-17(20)10-16/h3-10,12-13H,11,20H2,1-2H3. The highest BCUT2D eigenvalue weighted by molar-refractivity contribution is 7.07. The van der Waals surface area contributed by atoms with Gasteiger partial charge >= 0.3 is 4.87 Å². The van der Waals surface area contributed by atoms with Crippen molar-refractivity contribution in [3.63, 3.8) is 0 Å². The first-order valence-electron chi connectivity index (χ1n) is 7.67. The van der Waals surface area contributed by atoms with Crippen LogP contribution in [-0.4, -0.2) is 4.57 Å². The molecule has 0 atom stereocenters. The minimum Gasteiger partial charge on any atom is -0.399 e. The smallest absolute Gasteiger partial charge is 0.307 e. The molecule has 0 unspecified atom stereocenters. The Labute approximate surface area is 140 Å². The van der Waals surface area contributed by atoms with Crippen LogP contribution in [-0.2, 0) is 6.54 Å². The average molecular weight is 324 g/mol. The molecule has 23 heavy (non-hydrogen) atoms. The number of aromatic nitrogens is 1. The third-order valence-corrected chi connectivity index (χ3v) is 4.72. The number of hydrogen-bond donors (Lipinski definition) is 1. The van der Waals surface area contributed by atoms with E-state index in [9.17, 15) is 4.79 Å². The van der Waals surface area contributed by atoms with E-state index in [-0.39, 0.29) is 4.87 Å². The molecule has 2 N–H and O–H groups in total. The second kappa shape index (κ2) is 6.42. The number of rotatable bonds is 4. The molecule has 0 amide bonds. The van der Waals surface area contributed by atoms with Crippen molar-refractivity contribution in [3.8, 4) is 11.3 Å². The zero-order valence-electron chi connectivity index (χ0n) is 13.3. The minimum absolute atomic E-state index is 0.0513. The van der Waals surface area contributed by atoms with Crippen molar-refractivity contribution >= 4 is 17.0 Å². The van der Waals surface area contributed by atoms with E-state index in [0.29, 0.717) is 18.2 Å². The molecule has 3 rings (SSSR count). The molecule has 118 valence electrons. The summed E-state index contributed by atoms with van der Waals surface area (Å²) in [6, 6.07) is 16.1. The van der Waals surface area contributed by atoms with Gasteiger partial charge in [-0.05, 0) is 29.2 Å². The maximum absolute atomic E-state index is 12.2. The molecule has 0 bridgehead atoms. The van der Waals surface area contributed by atoms with Gasteiger partial charge in [0.05, 0.1) is 12.2 Å². The second-order valence-electron chi connectivity index (χ2n) is 5.99. The first-order chi connectivity index (χ1) is 11.0. The van der Waals surface area contributed by atoms with E-state index in [1.165, 1.54) is 16.9 Å². The number of thiazole rings is 1. The van der Waals surface area contributed by atoms with Crippen molar-refractivity contribution in [2.45, 2.75) is 26.3 Å². The van der Waals surface area contributed by atoms with Crippen LogP contribution >= 0.6 is 11.3 Å². The molecule has 2 aromatic carbocycles. The van der Waals surface area contributed by atoms with Crippen molar-refractivity contribution in [3.05, 3.63) is 74.7 Å². The zero-order chi connectivity index (χ0) is 16.4. The van der Waals surface area contributed by atoms with Gasteiger partial charge in [-0.15, -0.1) is 0 Å². The van der Waals surface area contributed by atoms with Crippen molar-refractivity contribution in [2.24, 2.45) is 0 Å². The van der Waals surface area contributed by atoms with Crippen molar-refractivity contribution in [2.75, 3.05) is 5.73 Å². The normalized spacial score (nSPS) is 11.1. The number of nitrogens with two attached hydrogens (primary N) is 1. The van der Waals surface area contributed by atoms with Crippen LogP contribution in [0.1, 0.15) is 30.9 Å². The number of benzene rings is 2. The lowest BCUT2D eigenvalue weighted by Crippen LogP contribution is -2.15. The molecule has 0 radical (unpaired) electrons. The quantitative estimate of drug-likeness (QED) is 0.726. The van der Waals surface area contributed by atoms with Crippen LogP contribution in [0, 0.1) is 0 Å². The van der Waals surface area contributed by atoms with Crippen molar-refractivity contribution in [1.29, 1.82) is 0 Å². The maximum atomic E-state index is 12.2. The van der Waals surface area contributed by atoms with Crippen molar-refractivity contribution < 1.29 is 0 Å². The first-order valence-corrected chi connectivity index (χ1v) is 8.55. The van der Waals surface area contributed by atoms with E-state index in [4.69, 9.17) is 5.73 Å². The van der Waals surface area contributed by atoms with Crippen LogP contribution in [0.15, 0.2) is 58.7 Å². The van der Waals surface area contributed by atoms with Gasteiger partial charge in [-0.25, -0.2) is 0 Å². The summed E-state index contributed by atoms with van der Waals surface area (Å²) in [5.74, 6) is 0.510. The second-order valence-corrected chi connectivity index (χ2v) is 6.82. The molecule has 0 saturated heterocycles. The summed E-state index contributed by atoms with van der Waals surface area (Å²) < 4.78 is 1.81. The Kier molecular flexibility index (Phi) is 4.35. The molecule has 0 fully saturated rings. The molecular formula is C19H20N2OS. The fourth-order valence-electron chi connectivity index (χ4n) is 2.59. The summed E-state index contributed by atoms with van der Waals surface area (Å²) >= 11 is 1.23. The first kappa shape index (κ1) is 15.6. The Balaban J connectivity index is 1.94. The molecule has 4 heteroatoms. The van der Waals surface area contributed by atoms with E-state index < -0.39 is 0 Å². The van der Waals surface area contributed by atoms with E-state index in [0.717, 1.165) is 16.8 Å². The van der Waals surface area contributed by atoms with Gasteiger partial charge in [0.1, 0.15) is 0 Å². The topological polar surface area (TPSA) is 48.0 Å². The maximum Gasteiger partial charge on any atom is 0.307 e. The summed E-state index contributed by atoms with van der Waals surface area (Å²) in [6.07, 6.45) is 0. The Morgan fingerprint density at radius 3 is 2.52 bits per heavy atom. The number of nitrogen functional groups attached to an aromatic ring is 1. The van der Waals surface area contributed by atoms with Crippen molar-refractivity contribution in [1.82, 2.24) is 4.57 Å². The molecule has 0 aliphatic carbocycles. The Morgan fingerprint density at radius 2 is 1.87 bits per heavy atom.